The summed E-state index contributed by atoms with van der Waals surface area (Å²) in [6, 6.07) is 14.5. The van der Waals surface area contributed by atoms with E-state index in [9.17, 15) is 0 Å². The van der Waals surface area contributed by atoms with Crippen molar-refractivity contribution in [3.8, 4) is 0 Å². The molecular weight excluding hydrogens is 316 g/mol. The molecule has 0 atom stereocenters. The second-order valence-corrected chi connectivity index (χ2v) is 5.11. The Morgan fingerprint density at radius 3 is 2.50 bits per heavy atom. The number of hydrogen-bond donors (Lipinski definition) is 2. The molecule has 4 nitrogen and oxygen atoms in total. The van der Waals surface area contributed by atoms with Crippen LogP contribution in [0.2, 0.25) is 0 Å². The number of rotatable bonds is 3. The van der Waals surface area contributed by atoms with Gasteiger partial charge < -0.3 is 10.6 Å². The third kappa shape index (κ3) is 2.44. The Bertz CT molecular complexity index is 758. The predicted octanol–water partition coefficient (Wildman–Crippen LogP) is 4.18. The normalized spacial score (nSPS) is 10.5. The van der Waals surface area contributed by atoms with Gasteiger partial charge >= 0.3 is 0 Å². The molecule has 2 N–H and O–H groups in total. The van der Waals surface area contributed by atoms with Crippen molar-refractivity contribution in [2.24, 2.45) is 0 Å². The van der Waals surface area contributed by atoms with Crippen LogP contribution in [0.5, 0.6) is 0 Å². The molecule has 0 fully saturated rings. The molecule has 20 heavy (non-hydrogen) atoms. The molecule has 3 rings (SSSR count). The van der Waals surface area contributed by atoms with Crippen molar-refractivity contribution in [2.75, 3.05) is 17.7 Å². The van der Waals surface area contributed by atoms with Gasteiger partial charge in [0.15, 0.2) is 0 Å². The summed E-state index contributed by atoms with van der Waals surface area (Å²) < 4.78 is 0.815. The van der Waals surface area contributed by atoms with E-state index in [1.807, 2.05) is 25.2 Å². The minimum atomic E-state index is 0.736. The molecule has 0 aliphatic heterocycles. The van der Waals surface area contributed by atoms with Gasteiger partial charge in [0.05, 0.1) is 0 Å². The highest BCUT2D eigenvalue weighted by atomic mass is 79.9. The van der Waals surface area contributed by atoms with Crippen molar-refractivity contribution in [1.82, 2.24) is 9.97 Å². The van der Waals surface area contributed by atoms with Gasteiger partial charge in [0.1, 0.15) is 22.4 Å². The monoisotopic (exact) mass is 328 g/mol. The van der Waals surface area contributed by atoms with Gasteiger partial charge in [-0.15, -0.1) is 0 Å². The van der Waals surface area contributed by atoms with Gasteiger partial charge in [0, 0.05) is 12.7 Å². The van der Waals surface area contributed by atoms with E-state index in [4.69, 9.17) is 0 Å². The third-order valence-corrected chi connectivity index (χ3v) is 3.79. The SMILES string of the molecule is CNc1ncnc(Nc2ccc3ccccc3c2)c1Br. The summed E-state index contributed by atoms with van der Waals surface area (Å²) in [7, 11) is 1.83. The maximum absolute atomic E-state index is 4.25. The molecular formula is C15H13BrN4. The Kier molecular flexibility index (Phi) is 3.52. The lowest BCUT2D eigenvalue weighted by molar-refractivity contribution is 1.14. The molecule has 0 aliphatic rings. The van der Waals surface area contributed by atoms with Crippen molar-refractivity contribution in [2.45, 2.75) is 0 Å². The summed E-state index contributed by atoms with van der Waals surface area (Å²) in [6.07, 6.45) is 1.53. The van der Waals surface area contributed by atoms with Crippen LogP contribution in [-0.4, -0.2) is 17.0 Å². The van der Waals surface area contributed by atoms with Crippen molar-refractivity contribution in [3.63, 3.8) is 0 Å². The molecule has 0 spiro atoms. The van der Waals surface area contributed by atoms with Crippen LogP contribution in [0.3, 0.4) is 0 Å². The Balaban J connectivity index is 1.97. The van der Waals surface area contributed by atoms with Crippen LogP contribution in [0.15, 0.2) is 53.3 Å². The van der Waals surface area contributed by atoms with Crippen molar-refractivity contribution in [1.29, 1.82) is 0 Å². The van der Waals surface area contributed by atoms with Crippen LogP contribution in [-0.2, 0) is 0 Å². The highest BCUT2D eigenvalue weighted by molar-refractivity contribution is 9.10. The van der Waals surface area contributed by atoms with Crippen molar-refractivity contribution >= 4 is 44.0 Å². The first kappa shape index (κ1) is 12.9. The second kappa shape index (κ2) is 5.46. The van der Waals surface area contributed by atoms with E-state index in [1.165, 1.54) is 17.1 Å². The molecule has 0 aliphatic carbocycles. The first-order valence-electron chi connectivity index (χ1n) is 6.22. The number of fused-ring (bicyclic) bond motifs is 1. The molecule has 0 unspecified atom stereocenters. The fourth-order valence-corrected chi connectivity index (χ4v) is 2.54. The van der Waals surface area contributed by atoms with E-state index in [-0.39, 0.29) is 0 Å². The fraction of sp³-hybridized carbons (Fsp3) is 0.0667. The Labute approximate surface area is 125 Å². The summed E-state index contributed by atoms with van der Waals surface area (Å²) in [5, 5.41) is 8.72. The molecule has 3 aromatic rings. The molecule has 1 aromatic heterocycles. The Hall–Kier alpha value is -2.14. The molecule has 0 bridgehead atoms. The van der Waals surface area contributed by atoms with Gasteiger partial charge in [-0.05, 0) is 38.8 Å². The number of nitrogens with one attached hydrogen (secondary N) is 2. The smallest absolute Gasteiger partial charge is 0.150 e. The maximum Gasteiger partial charge on any atom is 0.150 e. The summed E-state index contributed by atoms with van der Waals surface area (Å²) >= 11 is 3.50. The zero-order valence-electron chi connectivity index (χ0n) is 10.9. The van der Waals surface area contributed by atoms with Crippen molar-refractivity contribution in [3.05, 3.63) is 53.3 Å². The molecule has 0 radical (unpaired) electrons. The number of halogens is 1. The first-order valence-corrected chi connectivity index (χ1v) is 7.01. The summed E-state index contributed by atoms with van der Waals surface area (Å²) in [4.78, 5) is 8.39. The second-order valence-electron chi connectivity index (χ2n) is 4.32. The summed E-state index contributed by atoms with van der Waals surface area (Å²) in [5.74, 6) is 1.49. The number of nitrogens with zero attached hydrogens (tertiary/aromatic N) is 2. The standard InChI is InChI=1S/C15H13BrN4/c1-17-14-13(16)15(19-9-18-14)20-12-7-6-10-4-2-3-5-11(10)8-12/h2-9H,1H3,(H2,17,18,19,20). The van der Waals surface area contributed by atoms with E-state index in [2.05, 4.69) is 60.8 Å². The van der Waals surface area contributed by atoms with Gasteiger partial charge in [0.25, 0.3) is 0 Å². The first-order chi connectivity index (χ1) is 9.78. The molecule has 5 heteroatoms. The van der Waals surface area contributed by atoms with Crippen LogP contribution in [0, 0.1) is 0 Å². The van der Waals surface area contributed by atoms with E-state index < -0.39 is 0 Å². The van der Waals surface area contributed by atoms with Crippen LogP contribution >= 0.6 is 15.9 Å². The number of anilines is 3. The van der Waals surface area contributed by atoms with E-state index in [0.717, 1.165) is 21.8 Å². The largest absolute Gasteiger partial charge is 0.372 e. The molecule has 100 valence electrons. The average Bonchev–Trinajstić information content (AvgIpc) is 2.49. The van der Waals surface area contributed by atoms with Crippen LogP contribution in [0.1, 0.15) is 0 Å². The summed E-state index contributed by atoms with van der Waals surface area (Å²) in [6.45, 7) is 0. The van der Waals surface area contributed by atoms with E-state index in [1.54, 1.807) is 0 Å². The fourth-order valence-electron chi connectivity index (χ4n) is 2.04. The Morgan fingerprint density at radius 1 is 0.950 bits per heavy atom. The topological polar surface area (TPSA) is 49.8 Å². The molecule has 0 amide bonds. The van der Waals surface area contributed by atoms with Crippen molar-refractivity contribution < 1.29 is 0 Å². The number of benzene rings is 2. The lowest BCUT2D eigenvalue weighted by atomic mass is 10.1. The van der Waals surface area contributed by atoms with Gasteiger partial charge in [-0.2, -0.15) is 0 Å². The van der Waals surface area contributed by atoms with Crippen LogP contribution in [0.25, 0.3) is 10.8 Å². The molecule has 0 saturated heterocycles. The van der Waals surface area contributed by atoms with Crippen LogP contribution in [0.4, 0.5) is 17.3 Å². The highest BCUT2D eigenvalue weighted by Gasteiger charge is 2.07. The lowest BCUT2D eigenvalue weighted by Crippen LogP contribution is -2.00. The lowest BCUT2D eigenvalue weighted by Gasteiger charge is -2.10. The van der Waals surface area contributed by atoms with Gasteiger partial charge in [0.2, 0.25) is 0 Å². The van der Waals surface area contributed by atoms with E-state index >= 15 is 0 Å². The highest BCUT2D eigenvalue weighted by Crippen LogP contribution is 2.29. The predicted molar refractivity (Wildman–Crippen MR) is 86.5 cm³/mol. The van der Waals surface area contributed by atoms with Gasteiger partial charge in [-0.1, -0.05) is 30.3 Å². The van der Waals surface area contributed by atoms with Crippen LogP contribution < -0.4 is 10.6 Å². The quantitative estimate of drug-likeness (QED) is 0.757. The maximum atomic E-state index is 4.25. The molecule has 2 aromatic carbocycles. The number of aromatic nitrogens is 2. The molecule has 0 saturated carbocycles. The minimum absolute atomic E-state index is 0.736. The zero-order chi connectivity index (χ0) is 13.9. The van der Waals surface area contributed by atoms with Gasteiger partial charge in [-0.3, -0.25) is 0 Å². The third-order valence-electron chi connectivity index (χ3n) is 3.04. The summed E-state index contributed by atoms with van der Waals surface area (Å²) in [5.41, 5.74) is 0.991. The molecule has 1 heterocycles. The minimum Gasteiger partial charge on any atom is -0.372 e. The van der Waals surface area contributed by atoms with E-state index in [0.29, 0.717) is 0 Å². The average molecular weight is 329 g/mol. The Morgan fingerprint density at radius 2 is 1.70 bits per heavy atom. The van der Waals surface area contributed by atoms with Gasteiger partial charge in [-0.25, -0.2) is 9.97 Å². The zero-order valence-corrected chi connectivity index (χ0v) is 12.5. The number of hydrogen-bond acceptors (Lipinski definition) is 4.